The SMILES string of the molecule is O=C(c1cccc[n+]1[O-])N(CC(O)c1ccc(F)cc1)C1CC1. The van der Waals surface area contributed by atoms with Gasteiger partial charge in [-0.3, -0.25) is 4.79 Å². The Labute approximate surface area is 133 Å². The first-order chi connectivity index (χ1) is 11.1. The maximum absolute atomic E-state index is 13.0. The van der Waals surface area contributed by atoms with Gasteiger partial charge < -0.3 is 15.2 Å². The largest absolute Gasteiger partial charge is 0.618 e. The summed E-state index contributed by atoms with van der Waals surface area (Å²) in [5, 5.41) is 22.1. The van der Waals surface area contributed by atoms with Crippen LogP contribution in [0.5, 0.6) is 0 Å². The Morgan fingerprint density at radius 3 is 2.61 bits per heavy atom. The van der Waals surface area contributed by atoms with Crippen molar-refractivity contribution >= 4 is 5.91 Å². The predicted molar refractivity (Wildman–Crippen MR) is 80.8 cm³/mol. The van der Waals surface area contributed by atoms with Crippen LogP contribution in [0, 0.1) is 11.0 Å². The molecular weight excluding hydrogens is 299 g/mol. The molecule has 23 heavy (non-hydrogen) atoms. The van der Waals surface area contributed by atoms with Crippen molar-refractivity contribution in [3.63, 3.8) is 0 Å². The first-order valence-electron chi connectivity index (χ1n) is 7.49. The van der Waals surface area contributed by atoms with Gasteiger partial charge in [0, 0.05) is 18.2 Å². The molecule has 1 aromatic carbocycles. The van der Waals surface area contributed by atoms with E-state index in [0.717, 1.165) is 12.8 Å². The molecule has 1 aromatic heterocycles. The number of aliphatic hydroxyl groups is 1. The Balaban J connectivity index is 1.78. The number of amides is 1. The van der Waals surface area contributed by atoms with Crippen molar-refractivity contribution in [1.82, 2.24) is 4.90 Å². The maximum Gasteiger partial charge on any atom is 0.320 e. The minimum Gasteiger partial charge on any atom is -0.618 e. The number of carbonyl (C=O) groups is 1. The Morgan fingerprint density at radius 2 is 2.00 bits per heavy atom. The Morgan fingerprint density at radius 1 is 1.30 bits per heavy atom. The number of aromatic nitrogens is 1. The van der Waals surface area contributed by atoms with Crippen molar-refractivity contribution in [2.24, 2.45) is 0 Å². The molecule has 1 aliphatic rings. The lowest BCUT2D eigenvalue weighted by atomic mass is 10.1. The molecule has 1 heterocycles. The van der Waals surface area contributed by atoms with E-state index >= 15 is 0 Å². The standard InChI is InChI=1S/C17H17FN2O3/c18-13-6-4-12(5-7-13)16(21)11-19(14-8-9-14)17(22)15-3-1-2-10-20(15)23/h1-7,10,14,16,21H,8-9,11H2. The van der Waals surface area contributed by atoms with Gasteiger partial charge in [-0.2, -0.15) is 4.73 Å². The zero-order valence-electron chi connectivity index (χ0n) is 12.4. The van der Waals surface area contributed by atoms with Crippen LogP contribution in [0.15, 0.2) is 48.7 Å². The molecule has 5 nitrogen and oxygen atoms in total. The molecule has 1 saturated carbocycles. The van der Waals surface area contributed by atoms with Gasteiger partial charge in [0.15, 0.2) is 6.20 Å². The maximum atomic E-state index is 13.0. The molecule has 1 atom stereocenters. The number of carbonyl (C=O) groups excluding carboxylic acids is 1. The minimum absolute atomic E-state index is 0.0331. The molecule has 1 unspecified atom stereocenters. The lowest BCUT2D eigenvalue weighted by Gasteiger charge is -2.24. The highest BCUT2D eigenvalue weighted by Crippen LogP contribution is 2.30. The quantitative estimate of drug-likeness (QED) is 0.675. The highest BCUT2D eigenvalue weighted by molar-refractivity contribution is 5.91. The number of nitrogens with zero attached hydrogens (tertiary/aromatic N) is 2. The summed E-state index contributed by atoms with van der Waals surface area (Å²) >= 11 is 0. The van der Waals surface area contributed by atoms with E-state index in [2.05, 4.69) is 0 Å². The van der Waals surface area contributed by atoms with E-state index in [9.17, 15) is 19.5 Å². The molecular formula is C17H17FN2O3. The number of rotatable bonds is 5. The lowest BCUT2D eigenvalue weighted by molar-refractivity contribution is -0.608. The van der Waals surface area contributed by atoms with Crippen LogP contribution >= 0.6 is 0 Å². The van der Waals surface area contributed by atoms with Crippen LogP contribution in [0.1, 0.15) is 35.0 Å². The van der Waals surface area contributed by atoms with Gasteiger partial charge in [-0.25, -0.2) is 4.39 Å². The minimum atomic E-state index is -0.927. The summed E-state index contributed by atoms with van der Waals surface area (Å²) in [6, 6.07) is 10.2. The van der Waals surface area contributed by atoms with Gasteiger partial charge >= 0.3 is 5.91 Å². The van der Waals surface area contributed by atoms with E-state index in [1.54, 1.807) is 12.1 Å². The molecule has 0 radical (unpaired) electrons. The van der Waals surface area contributed by atoms with Crippen LogP contribution in [-0.4, -0.2) is 28.5 Å². The molecule has 120 valence electrons. The fourth-order valence-corrected chi connectivity index (χ4v) is 2.50. The topological polar surface area (TPSA) is 67.5 Å². The Kier molecular flexibility index (Phi) is 4.25. The van der Waals surface area contributed by atoms with Crippen LogP contribution in [0.4, 0.5) is 4.39 Å². The number of benzene rings is 1. The second-order valence-electron chi connectivity index (χ2n) is 5.67. The Hall–Kier alpha value is -2.47. The third-order valence-corrected chi connectivity index (χ3v) is 3.92. The number of hydrogen-bond donors (Lipinski definition) is 1. The highest BCUT2D eigenvalue weighted by atomic mass is 19.1. The second-order valence-corrected chi connectivity index (χ2v) is 5.67. The van der Waals surface area contributed by atoms with Gasteiger partial charge in [0.1, 0.15) is 5.82 Å². The molecule has 0 aliphatic heterocycles. The van der Waals surface area contributed by atoms with Crippen molar-refractivity contribution in [3.05, 3.63) is 70.9 Å². The summed E-state index contributed by atoms with van der Waals surface area (Å²) in [7, 11) is 0. The molecule has 0 saturated heterocycles. The summed E-state index contributed by atoms with van der Waals surface area (Å²) in [4.78, 5) is 14.1. The molecule has 0 bridgehead atoms. The van der Waals surface area contributed by atoms with E-state index in [0.29, 0.717) is 10.3 Å². The van der Waals surface area contributed by atoms with Crippen LogP contribution in [0.3, 0.4) is 0 Å². The van der Waals surface area contributed by atoms with Crippen molar-refractivity contribution in [3.8, 4) is 0 Å². The predicted octanol–water partition coefficient (Wildman–Crippen LogP) is 1.80. The zero-order valence-corrected chi connectivity index (χ0v) is 12.4. The van der Waals surface area contributed by atoms with E-state index in [1.165, 1.54) is 41.4 Å². The van der Waals surface area contributed by atoms with Gasteiger partial charge in [0.25, 0.3) is 5.69 Å². The van der Waals surface area contributed by atoms with Gasteiger partial charge in [-0.05, 0) is 36.6 Å². The van der Waals surface area contributed by atoms with Crippen LogP contribution in [-0.2, 0) is 0 Å². The first kappa shape index (κ1) is 15.4. The molecule has 0 spiro atoms. The second kappa shape index (κ2) is 6.34. The molecule has 2 aromatic rings. The zero-order chi connectivity index (χ0) is 16.4. The molecule has 3 rings (SSSR count). The number of hydrogen-bond acceptors (Lipinski definition) is 3. The lowest BCUT2D eigenvalue weighted by Crippen LogP contribution is -2.43. The number of halogens is 1. The van der Waals surface area contributed by atoms with Gasteiger partial charge in [0.2, 0.25) is 0 Å². The van der Waals surface area contributed by atoms with E-state index in [4.69, 9.17) is 0 Å². The number of aliphatic hydroxyl groups excluding tert-OH is 1. The van der Waals surface area contributed by atoms with E-state index < -0.39 is 12.0 Å². The third-order valence-electron chi connectivity index (χ3n) is 3.92. The van der Waals surface area contributed by atoms with Crippen molar-refractivity contribution in [2.45, 2.75) is 25.0 Å². The van der Waals surface area contributed by atoms with E-state index in [1.807, 2.05) is 0 Å². The van der Waals surface area contributed by atoms with Crippen LogP contribution < -0.4 is 4.73 Å². The average molecular weight is 316 g/mol. The molecule has 1 fully saturated rings. The van der Waals surface area contributed by atoms with Crippen molar-refractivity contribution in [2.75, 3.05) is 6.54 Å². The fraction of sp³-hybridized carbons (Fsp3) is 0.294. The van der Waals surface area contributed by atoms with Crippen LogP contribution in [0.2, 0.25) is 0 Å². The Bertz CT molecular complexity index is 701. The highest BCUT2D eigenvalue weighted by Gasteiger charge is 2.37. The van der Waals surface area contributed by atoms with E-state index in [-0.39, 0.29) is 24.1 Å². The molecule has 1 amide bonds. The molecule has 1 aliphatic carbocycles. The van der Waals surface area contributed by atoms with Gasteiger partial charge in [-0.1, -0.05) is 12.1 Å². The third kappa shape index (κ3) is 3.48. The van der Waals surface area contributed by atoms with Gasteiger partial charge in [0.05, 0.1) is 12.6 Å². The average Bonchev–Trinajstić information content (AvgIpc) is 3.37. The molecule has 1 N–H and O–H groups in total. The van der Waals surface area contributed by atoms with Crippen molar-refractivity contribution in [1.29, 1.82) is 0 Å². The van der Waals surface area contributed by atoms with Crippen LogP contribution in [0.25, 0.3) is 0 Å². The number of pyridine rings is 1. The summed E-state index contributed by atoms with van der Waals surface area (Å²) in [5.41, 5.74) is 0.568. The molecule has 6 heteroatoms. The summed E-state index contributed by atoms with van der Waals surface area (Å²) < 4.78 is 13.5. The monoisotopic (exact) mass is 316 g/mol. The van der Waals surface area contributed by atoms with Gasteiger partial charge in [-0.15, -0.1) is 0 Å². The first-order valence-corrected chi connectivity index (χ1v) is 7.49. The summed E-state index contributed by atoms with van der Waals surface area (Å²) in [6.07, 6.45) is 2.06. The fourth-order valence-electron chi connectivity index (χ4n) is 2.50. The van der Waals surface area contributed by atoms with Crippen molar-refractivity contribution < 1.29 is 19.0 Å². The summed E-state index contributed by atoms with van der Waals surface area (Å²) in [6.45, 7) is 0.0734. The smallest absolute Gasteiger partial charge is 0.320 e. The summed E-state index contributed by atoms with van der Waals surface area (Å²) in [5.74, 6) is -0.781. The normalized spacial score (nSPS) is 15.2.